The summed E-state index contributed by atoms with van der Waals surface area (Å²) >= 11 is 0. The summed E-state index contributed by atoms with van der Waals surface area (Å²) in [5.74, 6) is -1.83. The molecule has 0 rings (SSSR count). The normalized spacial score (nSPS) is 11.7. The van der Waals surface area contributed by atoms with Crippen LogP contribution in [0.25, 0.3) is 0 Å². The molecule has 0 heterocycles. The molecule has 0 spiro atoms. The van der Waals surface area contributed by atoms with Gasteiger partial charge in [-0.15, -0.1) is 0 Å². The fourth-order valence-corrected chi connectivity index (χ4v) is 1.28. The van der Waals surface area contributed by atoms with Gasteiger partial charge in [0.1, 0.15) is 6.04 Å². The molecule has 0 saturated heterocycles. The Hall–Kier alpha value is -1.63. The fraction of sp³-hybridized carbons (Fsp3) is 0.727. The van der Waals surface area contributed by atoms with E-state index in [-0.39, 0.29) is 12.8 Å². The van der Waals surface area contributed by atoms with Crippen LogP contribution in [-0.4, -0.2) is 35.7 Å². The number of carboxylic acids is 1. The van der Waals surface area contributed by atoms with Crippen LogP contribution in [0, 0.1) is 0 Å². The van der Waals surface area contributed by atoms with Crippen LogP contribution in [0.4, 0.5) is 4.79 Å². The summed E-state index contributed by atoms with van der Waals surface area (Å²) in [6.07, 6.45) is 1.17. The summed E-state index contributed by atoms with van der Waals surface area (Å²) in [6.45, 7) is 2.23. The standard InChI is InChI=1S/C11H20N2O5/c1-2-5-9(14)18-11(17)13-8(10(15)16)6-3-4-7-12/h8H,2-7,12H2,1H3,(H,13,17)(H,15,16). The zero-order valence-electron chi connectivity index (χ0n) is 10.5. The number of hydrogen-bond donors (Lipinski definition) is 3. The van der Waals surface area contributed by atoms with Crippen LogP contribution in [0.1, 0.15) is 39.0 Å². The van der Waals surface area contributed by atoms with Crippen LogP contribution in [0.2, 0.25) is 0 Å². The zero-order valence-corrected chi connectivity index (χ0v) is 10.5. The molecule has 0 aromatic heterocycles. The van der Waals surface area contributed by atoms with Gasteiger partial charge in [-0.3, -0.25) is 4.79 Å². The van der Waals surface area contributed by atoms with Crippen LogP contribution < -0.4 is 11.1 Å². The van der Waals surface area contributed by atoms with Gasteiger partial charge in [-0.1, -0.05) is 6.92 Å². The highest BCUT2D eigenvalue weighted by Gasteiger charge is 2.21. The third-order valence-corrected chi connectivity index (χ3v) is 2.20. The van der Waals surface area contributed by atoms with Crippen molar-refractivity contribution in [2.75, 3.05) is 6.54 Å². The predicted octanol–water partition coefficient (Wildman–Crippen LogP) is 0.621. The molecule has 104 valence electrons. The lowest BCUT2D eigenvalue weighted by Crippen LogP contribution is -2.41. The smallest absolute Gasteiger partial charge is 0.415 e. The maximum Gasteiger partial charge on any atom is 0.415 e. The van der Waals surface area contributed by atoms with Crippen molar-refractivity contribution in [1.82, 2.24) is 5.32 Å². The van der Waals surface area contributed by atoms with Gasteiger partial charge in [0.15, 0.2) is 0 Å². The molecule has 0 bridgehead atoms. The molecule has 1 atom stereocenters. The monoisotopic (exact) mass is 260 g/mol. The second-order valence-corrected chi connectivity index (χ2v) is 3.83. The molecule has 0 aliphatic heterocycles. The Morgan fingerprint density at radius 2 is 2.00 bits per heavy atom. The Labute approximate surface area is 106 Å². The van der Waals surface area contributed by atoms with E-state index in [0.717, 1.165) is 0 Å². The number of nitrogens with one attached hydrogen (secondary N) is 1. The van der Waals surface area contributed by atoms with Crippen molar-refractivity contribution in [1.29, 1.82) is 0 Å². The van der Waals surface area contributed by atoms with Gasteiger partial charge in [-0.05, 0) is 32.2 Å². The predicted molar refractivity (Wildman–Crippen MR) is 63.9 cm³/mol. The maximum atomic E-state index is 11.2. The van der Waals surface area contributed by atoms with Crippen molar-refractivity contribution in [3.8, 4) is 0 Å². The first-order chi connectivity index (χ1) is 8.51. The molecule has 1 amide bonds. The van der Waals surface area contributed by atoms with E-state index in [9.17, 15) is 14.4 Å². The summed E-state index contributed by atoms with van der Waals surface area (Å²) in [5, 5.41) is 11.0. The molecular formula is C11H20N2O5. The number of carbonyl (C=O) groups excluding carboxylic acids is 2. The van der Waals surface area contributed by atoms with Crippen molar-refractivity contribution in [3.63, 3.8) is 0 Å². The summed E-state index contributed by atoms with van der Waals surface area (Å²) in [5.41, 5.74) is 5.29. The summed E-state index contributed by atoms with van der Waals surface area (Å²) in [7, 11) is 0. The maximum absolute atomic E-state index is 11.2. The number of rotatable bonds is 8. The lowest BCUT2D eigenvalue weighted by atomic mass is 10.1. The van der Waals surface area contributed by atoms with Crippen molar-refractivity contribution in [2.24, 2.45) is 5.73 Å². The van der Waals surface area contributed by atoms with Gasteiger partial charge in [0.2, 0.25) is 0 Å². The van der Waals surface area contributed by atoms with E-state index in [0.29, 0.717) is 25.8 Å². The fourth-order valence-electron chi connectivity index (χ4n) is 1.28. The molecule has 0 aromatic rings. The molecule has 0 aromatic carbocycles. The number of hydrogen-bond acceptors (Lipinski definition) is 5. The number of alkyl carbamates (subject to hydrolysis) is 1. The van der Waals surface area contributed by atoms with Crippen molar-refractivity contribution in [2.45, 2.75) is 45.1 Å². The van der Waals surface area contributed by atoms with Crippen molar-refractivity contribution < 1.29 is 24.2 Å². The van der Waals surface area contributed by atoms with Crippen LogP contribution >= 0.6 is 0 Å². The summed E-state index contributed by atoms with van der Waals surface area (Å²) in [6, 6.07) is -1.06. The molecule has 4 N–H and O–H groups in total. The van der Waals surface area contributed by atoms with Crippen LogP contribution in [0.15, 0.2) is 0 Å². The van der Waals surface area contributed by atoms with Crippen LogP contribution in [0.5, 0.6) is 0 Å². The summed E-state index contributed by atoms with van der Waals surface area (Å²) in [4.78, 5) is 33.1. The highest BCUT2D eigenvalue weighted by molar-refractivity contribution is 5.87. The molecule has 1 unspecified atom stereocenters. The van der Waals surface area contributed by atoms with Gasteiger partial charge in [0.05, 0.1) is 0 Å². The number of carboxylic acid groups (broad SMARTS) is 1. The largest absolute Gasteiger partial charge is 0.480 e. The first-order valence-corrected chi connectivity index (χ1v) is 5.95. The Bertz CT molecular complexity index is 293. The molecule has 0 aliphatic rings. The molecule has 0 saturated carbocycles. The third kappa shape index (κ3) is 7.61. The Balaban J connectivity index is 4.11. The molecule has 7 nitrogen and oxygen atoms in total. The average molecular weight is 260 g/mol. The van der Waals surface area contributed by atoms with E-state index in [1.54, 1.807) is 6.92 Å². The molecule has 7 heteroatoms. The van der Waals surface area contributed by atoms with E-state index in [1.807, 2.05) is 0 Å². The van der Waals surface area contributed by atoms with Gasteiger partial charge < -0.3 is 20.9 Å². The molecule has 0 radical (unpaired) electrons. The first-order valence-electron chi connectivity index (χ1n) is 5.95. The minimum Gasteiger partial charge on any atom is -0.480 e. The minimum absolute atomic E-state index is 0.123. The number of aliphatic carboxylic acids is 1. The topological polar surface area (TPSA) is 119 Å². The SMILES string of the molecule is CCCC(=O)OC(=O)NC(CCCCN)C(=O)O. The van der Waals surface area contributed by atoms with E-state index in [2.05, 4.69) is 10.1 Å². The van der Waals surface area contributed by atoms with Gasteiger partial charge in [0.25, 0.3) is 0 Å². The number of unbranched alkanes of at least 4 members (excludes halogenated alkanes) is 1. The molecule has 18 heavy (non-hydrogen) atoms. The molecular weight excluding hydrogens is 240 g/mol. The first kappa shape index (κ1) is 16.4. The number of esters is 1. The van der Waals surface area contributed by atoms with Crippen LogP contribution in [0.3, 0.4) is 0 Å². The van der Waals surface area contributed by atoms with E-state index in [4.69, 9.17) is 10.8 Å². The molecule has 0 fully saturated rings. The highest BCUT2D eigenvalue weighted by Crippen LogP contribution is 2.01. The highest BCUT2D eigenvalue weighted by atomic mass is 16.6. The number of carbonyl (C=O) groups is 3. The number of amides is 1. The summed E-state index contributed by atoms with van der Waals surface area (Å²) < 4.78 is 4.40. The van der Waals surface area contributed by atoms with Gasteiger partial charge in [-0.2, -0.15) is 0 Å². The number of nitrogens with two attached hydrogens (primary N) is 1. The second kappa shape index (κ2) is 9.41. The van der Waals surface area contributed by atoms with Gasteiger partial charge in [-0.25, -0.2) is 9.59 Å². The van der Waals surface area contributed by atoms with Gasteiger partial charge in [0, 0.05) is 6.42 Å². The van der Waals surface area contributed by atoms with Crippen LogP contribution in [-0.2, 0) is 14.3 Å². The lowest BCUT2D eigenvalue weighted by Gasteiger charge is -2.13. The van der Waals surface area contributed by atoms with Crippen molar-refractivity contribution in [3.05, 3.63) is 0 Å². The minimum atomic E-state index is -1.16. The quantitative estimate of drug-likeness (QED) is 0.334. The Kier molecular flexibility index (Phi) is 8.55. The van der Waals surface area contributed by atoms with E-state index >= 15 is 0 Å². The van der Waals surface area contributed by atoms with E-state index < -0.39 is 24.1 Å². The second-order valence-electron chi connectivity index (χ2n) is 3.83. The lowest BCUT2D eigenvalue weighted by molar-refractivity contribution is -0.141. The van der Waals surface area contributed by atoms with Crippen molar-refractivity contribution >= 4 is 18.0 Å². The Morgan fingerprint density at radius 1 is 1.33 bits per heavy atom. The third-order valence-electron chi connectivity index (χ3n) is 2.20. The Morgan fingerprint density at radius 3 is 2.50 bits per heavy atom. The zero-order chi connectivity index (χ0) is 14.0. The van der Waals surface area contributed by atoms with Gasteiger partial charge >= 0.3 is 18.0 Å². The number of ether oxygens (including phenoxy) is 1. The molecule has 0 aliphatic carbocycles. The average Bonchev–Trinajstić information content (AvgIpc) is 2.27. The van der Waals surface area contributed by atoms with E-state index in [1.165, 1.54) is 0 Å².